The summed E-state index contributed by atoms with van der Waals surface area (Å²) in [6.07, 6.45) is 6.38. The summed E-state index contributed by atoms with van der Waals surface area (Å²) >= 11 is 0. The van der Waals surface area contributed by atoms with Crippen LogP contribution in [0.15, 0.2) is 12.4 Å². The number of nitrogens with zero attached hydrogens (tertiary/aromatic N) is 4. The van der Waals surface area contributed by atoms with Crippen LogP contribution in [0, 0.1) is 0 Å². The van der Waals surface area contributed by atoms with Gasteiger partial charge in [-0.2, -0.15) is 0 Å². The van der Waals surface area contributed by atoms with Gasteiger partial charge in [-0.05, 0) is 33.7 Å². The second-order valence-electron chi connectivity index (χ2n) is 6.29. The van der Waals surface area contributed by atoms with Gasteiger partial charge in [-0.1, -0.05) is 0 Å². The zero-order valence-corrected chi connectivity index (χ0v) is 12.7. The summed E-state index contributed by atoms with van der Waals surface area (Å²) in [6, 6.07) is 1.81. The van der Waals surface area contributed by atoms with Crippen molar-refractivity contribution < 1.29 is 0 Å². The molecule has 0 amide bonds. The molecular formula is C15H25N5. The van der Waals surface area contributed by atoms with E-state index in [-0.39, 0.29) is 0 Å². The zero-order valence-electron chi connectivity index (χ0n) is 12.7. The van der Waals surface area contributed by atoms with Crippen LogP contribution in [-0.2, 0) is 6.54 Å². The van der Waals surface area contributed by atoms with Crippen LogP contribution >= 0.6 is 0 Å². The van der Waals surface area contributed by atoms with Crippen molar-refractivity contribution in [2.45, 2.75) is 51.4 Å². The number of nitrogens with one attached hydrogen (secondary N) is 1. The minimum Gasteiger partial charge on any atom is -0.352 e. The van der Waals surface area contributed by atoms with Crippen LogP contribution in [0.3, 0.4) is 0 Å². The summed E-state index contributed by atoms with van der Waals surface area (Å²) in [5.41, 5.74) is 1.05. The largest absolute Gasteiger partial charge is 0.352 e. The van der Waals surface area contributed by atoms with E-state index < -0.39 is 0 Å². The molecule has 5 nitrogen and oxygen atoms in total. The van der Waals surface area contributed by atoms with Gasteiger partial charge in [0, 0.05) is 44.0 Å². The van der Waals surface area contributed by atoms with Gasteiger partial charge in [0.25, 0.3) is 0 Å². The first-order valence-corrected chi connectivity index (χ1v) is 7.64. The number of rotatable bonds is 4. The van der Waals surface area contributed by atoms with E-state index in [1.165, 1.54) is 12.8 Å². The van der Waals surface area contributed by atoms with Gasteiger partial charge in [0.1, 0.15) is 5.82 Å². The molecule has 1 aliphatic carbocycles. The molecule has 5 heteroatoms. The van der Waals surface area contributed by atoms with E-state index in [1.807, 2.05) is 12.4 Å². The quantitative estimate of drug-likeness (QED) is 0.896. The van der Waals surface area contributed by atoms with Crippen molar-refractivity contribution in [3.05, 3.63) is 18.1 Å². The van der Waals surface area contributed by atoms with E-state index in [4.69, 9.17) is 4.98 Å². The number of hydrogen-bond acceptors (Lipinski definition) is 5. The third kappa shape index (κ3) is 3.10. The summed E-state index contributed by atoms with van der Waals surface area (Å²) in [4.78, 5) is 13.9. The van der Waals surface area contributed by atoms with E-state index >= 15 is 0 Å². The molecule has 2 aliphatic rings. The number of piperazine rings is 1. The number of hydrogen-bond donors (Lipinski definition) is 1. The summed E-state index contributed by atoms with van der Waals surface area (Å²) in [5.74, 6) is 1.02. The predicted molar refractivity (Wildman–Crippen MR) is 80.8 cm³/mol. The van der Waals surface area contributed by atoms with Gasteiger partial charge in [0.05, 0.1) is 11.9 Å². The second-order valence-corrected chi connectivity index (χ2v) is 6.29. The molecule has 0 bridgehead atoms. The van der Waals surface area contributed by atoms with Crippen molar-refractivity contribution in [3.8, 4) is 0 Å². The first-order valence-electron chi connectivity index (χ1n) is 7.64. The third-order valence-corrected chi connectivity index (χ3v) is 4.50. The normalized spacial score (nSPS) is 27.9. The molecule has 1 aromatic heterocycles. The maximum Gasteiger partial charge on any atom is 0.147 e. The minimum atomic E-state index is 0.550. The van der Waals surface area contributed by atoms with Crippen LogP contribution in [0.5, 0.6) is 0 Å². The van der Waals surface area contributed by atoms with Gasteiger partial charge < -0.3 is 10.2 Å². The summed E-state index contributed by atoms with van der Waals surface area (Å²) in [6.45, 7) is 7.43. The Kier molecular flexibility index (Phi) is 3.89. The topological polar surface area (TPSA) is 44.3 Å². The van der Waals surface area contributed by atoms with E-state index in [2.05, 4.69) is 41.0 Å². The molecule has 1 saturated heterocycles. The molecular weight excluding hydrogens is 250 g/mol. The lowest BCUT2D eigenvalue weighted by atomic mass is 10.1. The monoisotopic (exact) mass is 275 g/mol. The molecule has 1 aliphatic heterocycles. The van der Waals surface area contributed by atoms with Crippen LogP contribution in [0.4, 0.5) is 5.82 Å². The van der Waals surface area contributed by atoms with Gasteiger partial charge in [-0.25, -0.2) is 4.98 Å². The molecule has 0 radical (unpaired) electrons. The Morgan fingerprint density at radius 1 is 1.20 bits per heavy atom. The highest BCUT2D eigenvalue weighted by Crippen LogP contribution is 2.21. The summed E-state index contributed by atoms with van der Waals surface area (Å²) in [5, 5.41) is 3.50. The Labute approximate surface area is 121 Å². The number of likely N-dealkylation sites (N-methyl/N-ethyl adjacent to an activating group) is 1. The lowest BCUT2D eigenvalue weighted by Gasteiger charge is -2.42. The maximum absolute atomic E-state index is 4.77. The van der Waals surface area contributed by atoms with Crippen LogP contribution in [0.1, 0.15) is 32.4 Å². The van der Waals surface area contributed by atoms with Crippen LogP contribution in [0.2, 0.25) is 0 Å². The zero-order chi connectivity index (χ0) is 14.1. The van der Waals surface area contributed by atoms with E-state index in [0.29, 0.717) is 18.1 Å². The van der Waals surface area contributed by atoms with E-state index in [0.717, 1.165) is 31.1 Å². The van der Waals surface area contributed by atoms with Crippen LogP contribution in [0.25, 0.3) is 0 Å². The fourth-order valence-corrected chi connectivity index (χ4v) is 2.76. The Balaban J connectivity index is 1.67. The molecule has 1 aromatic rings. The van der Waals surface area contributed by atoms with Crippen molar-refractivity contribution in [3.63, 3.8) is 0 Å². The van der Waals surface area contributed by atoms with Crippen LogP contribution in [-0.4, -0.2) is 53.1 Å². The van der Waals surface area contributed by atoms with Crippen molar-refractivity contribution in [2.75, 3.05) is 25.0 Å². The molecule has 2 heterocycles. The molecule has 0 aromatic carbocycles. The van der Waals surface area contributed by atoms with Crippen molar-refractivity contribution >= 4 is 5.82 Å². The highest BCUT2D eigenvalue weighted by atomic mass is 15.3. The van der Waals surface area contributed by atoms with E-state index in [9.17, 15) is 0 Å². The van der Waals surface area contributed by atoms with Gasteiger partial charge in [-0.3, -0.25) is 9.88 Å². The highest BCUT2D eigenvalue weighted by molar-refractivity contribution is 5.38. The molecule has 0 spiro atoms. The Hall–Kier alpha value is -1.20. The Bertz CT molecular complexity index is 447. The molecule has 110 valence electrons. The predicted octanol–water partition coefficient (Wildman–Crippen LogP) is 1.26. The minimum absolute atomic E-state index is 0.550. The highest BCUT2D eigenvalue weighted by Gasteiger charge is 2.27. The number of anilines is 1. The van der Waals surface area contributed by atoms with Gasteiger partial charge in [0.15, 0.2) is 0 Å². The fourth-order valence-electron chi connectivity index (χ4n) is 2.76. The van der Waals surface area contributed by atoms with Crippen molar-refractivity contribution in [2.24, 2.45) is 0 Å². The average Bonchev–Trinajstić information content (AvgIpc) is 3.26. The smallest absolute Gasteiger partial charge is 0.147 e. The lowest BCUT2D eigenvalue weighted by molar-refractivity contribution is 0.169. The molecule has 2 atom stereocenters. The van der Waals surface area contributed by atoms with Gasteiger partial charge in [-0.15, -0.1) is 0 Å². The molecule has 1 N–H and O–H groups in total. The maximum atomic E-state index is 4.77. The first kappa shape index (κ1) is 13.8. The van der Waals surface area contributed by atoms with Gasteiger partial charge in [0.2, 0.25) is 0 Å². The van der Waals surface area contributed by atoms with Crippen LogP contribution < -0.4 is 10.2 Å². The molecule has 2 fully saturated rings. The molecule has 20 heavy (non-hydrogen) atoms. The summed E-state index contributed by atoms with van der Waals surface area (Å²) in [7, 11) is 2.20. The summed E-state index contributed by atoms with van der Waals surface area (Å²) < 4.78 is 0. The molecule has 2 unspecified atom stereocenters. The Morgan fingerprint density at radius 3 is 2.55 bits per heavy atom. The second kappa shape index (κ2) is 5.66. The van der Waals surface area contributed by atoms with Gasteiger partial charge >= 0.3 is 0 Å². The average molecular weight is 275 g/mol. The molecule has 1 saturated carbocycles. The SMILES string of the molecule is CC1CN(c2cncc(CNC3CC3)n2)CC(C)N1C. The Morgan fingerprint density at radius 2 is 1.90 bits per heavy atom. The first-order chi connectivity index (χ1) is 9.63. The number of aromatic nitrogens is 2. The standard InChI is InChI=1S/C15H25N5/c1-11-9-20(10-12(2)19(11)3)15-8-16-6-14(18-15)7-17-13-4-5-13/h6,8,11-13,17H,4-5,7,9-10H2,1-3H3. The lowest BCUT2D eigenvalue weighted by Crippen LogP contribution is -2.55. The third-order valence-electron chi connectivity index (χ3n) is 4.50. The van der Waals surface area contributed by atoms with Crippen molar-refractivity contribution in [1.82, 2.24) is 20.2 Å². The fraction of sp³-hybridized carbons (Fsp3) is 0.733. The van der Waals surface area contributed by atoms with E-state index in [1.54, 1.807) is 0 Å². The molecule has 3 rings (SSSR count). The van der Waals surface area contributed by atoms with Crippen molar-refractivity contribution in [1.29, 1.82) is 0 Å².